The molecule has 0 spiro atoms. The van der Waals surface area contributed by atoms with E-state index >= 15 is 0 Å². The molecule has 0 radical (unpaired) electrons. The average Bonchev–Trinajstić information content (AvgIpc) is 3.40. The second-order valence-corrected chi connectivity index (χ2v) is 12.6. The van der Waals surface area contributed by atoms with Crippen molar-refractivity contribution >= 4 is 0 Å². The molecule has 1 aromatic heterocycles. The van der Waals surface area contributed by atoms with E-state index in [1.807, 2.05) is 13.8 Å². The maximum absolute atomic E-state index is 11.7. The van der Waals surface area contributed by atoms with Gasteiger partial charge in [-0.1, -0.05) is 6.92 Å². The number of fused-ring (bicyclic) bond motifs is 5. The van der Waals surface area contributed by atoms with E-state index in [0.717, 1.165) is 43.4 Å². The van der Waals surface area contributed by atoms with E-state index in [2.05, 4.69) is 18.1 Å². The summed E-state index contributed by atoms with van der Waals surface area (Å²) in [6.07, 6.45) is 13.5. The smallest absolute Gasteiger partial charge is 0.102 e. The fourth-order valence-electron chi connectivity index (χ4n) is 9.35. The van der Waals surface area contributed by atoms with Crippen LogP contribution in [0.3, 0.4) is 0 Å². The van der Waals surface area contributed by atoms with E-state index in [-0.39, 0.29) is 11.3 Å². The second-order valence-electron chi connectivity index (χ2n) is 12.6. The molecule has 34 heavy (non-hydrogen) atoms. The second kappa shape index (κ2) is 8.91. The van der Waals surface area contributed by atoms with Gasteiger partial charge in [0.25, 0.3) is 0 Å². The van der Waals surface area contributed by atoms with Crippen molar-refractivity contribution in [2.75, 3.05) is 13.2 Å². The van der Waals surface area contributed by atoms with Gasteiger partial charge in [-0.05, 0) is 113 Å². The maximum Gasteiger partial charge on any atom is 0.102 e. The summed E-state index contributed by atoms with van der Waals surface area (Å²) in [5.74, 6) is 3.86. The lowest BCUT2D eigenvalue weighted by Gasteiger charge is -2.58. The van der Waals surface area contributed by atoms with Crippen LogP contribution < -0.4 is 0 Å². The van der Waals surface area contributed by atoms with Gasteiger partial charge in [0.05, 0.1) is 36.1 Å². The summed E-state index contributed by atoms with van der Waals surface area (Å²) in [4.78, 5) is 0. The van der Waals surface area contributed by atoms with Crippen LogP contribution in [0.15, 0.2) is 12.4 Å². The van der Waals surface area contributed by atoms with Gasteiger partial charge < -0.3 is 14.9 Å². The predicted octanol–water partition coefficient (Wildman–Crippen LogP) is 4.54. The summed E-state index contributed by atoms with van der Waals surface area (Å²) >= 11 is 0. The van der Waals surface area contributed by atoms with Gasteiger partial charge >= 0.3 is 0 Å². The Labute approximate surface area is 204 Å². The molecule has 6 nitrogen and oxygen atoms in total. The Morgan fingerprint density at radius 1 is 1.18 bits per heavy atom. The highest BCUT2D eigenvalue weighted by molar-refractivity contribution is 5.21. The van der Waals surface area contributed by atoms with Gasteiger partial charge in [0, 0.05) is 12.8 Å². The first-order valence-electron chi connectivity index (χ1n) is 13.6. The van der Waals surface area contributed by atoms with Gasteiger partial charge in [0.2, 0.25) is 0 Å². The third-order valence-electron chi connectivity index (χ3n) is 10.7. The molecule has 0 aliphatic heterocycles. The van der Waals surface area contributed by atoms with Gasteiger partial charge in [-0.25, -0.2) is 0 Å². The number of ether oxygens (including phenoxy) is 1. The van der Waals surface area contributed by atoms with Crippen LogP contribution in [0.5, 0.6) is 0 Å². The van der Waals surface area contributed by atoms with Gasteiger partial charge in [0.1, 0.15) is 6.07 Å². The zero-order valence-electron chi connectivity index (χ0n) is 21.2. The Morgan fingerprint density at radius 2 is 1.97 bits per heavy atom. The minimum absolute atomic E-state index is 0.160. The average molecular weight is 470 g/mol. The van der Waals surface area contributed by atoms with Crippen molar-refractivity contribution in [1.82, 2.24) is 9.78 Å². The largest absolute Gasteiger partial charge is 0.388 e. The normalized spacial score (nSPS) is 43.3. The molecule has 0 amide bonds. The van der Waals surface area contributed by atoms with Crippen molar-refractivity contribution in [3.8, 4) is 6.07 Å². The van der Waals surface area contributed by atoms with Gasteiger partial charge in [0.15, 0.2) is 0 Å². The summed E-state index contributed by atoms with van der Waals surface area (Å²) in [6.45, 7) is 8.06. The van der Waals surface area contributed by atoms with E-state index in [4.69, 9.17) is 10.00 Å². The van der Waals surface area contributed by atoms with Gasteiger partial charge in [-0.2, -0.15) is 10.4 Å². The molecular formula is C28H43N3O3. The summed E-state index contributed by atoms with van der Waals surface area (Å²) in [5, 5.41) is 36.2. The molecule has 3 unspecified atom stereocenters. The molecule has 1 aromatic rings. The molecule has 4 fully saturated rings. The Balaban J connectivity index is 1.29. The third-order valence-corrected chi connectivity index (χ3v) is 10.7. The molecule has 6 heteroatoms. The summed E-state index contributed by atoms with van der Waals surface area (Å²) in [5.41, 5.74) is -0.758. The zero-order valence-corrected chi connectivity index (χ0v) is 21.2. The van der Waals surface area contributed by atoms with Crippen LogP contribution in [0.1, 0.15) is 84.1 Å². The maximum atomic E-state index is 11.7. The van der Waals surface area contributed by atoms with Gasteiger partial charge in [-0.3, -0.25) is 4.68 Å². The lowest BCUT2D eigenvalue weighted by molar-refractivity contribution is -0.140. The van der Waals surface area contributed by atoms with Crippen molar-refractivity contribution in [2.24, 2.45) is 40.9 Å². The molecule has 0 bridgehead atoms. The number of hydrogen-bond acceptors (Lipinski definition) is 5. The van der Waals surface area contributed by atoms with Crippen molar-refractivity contribution in [2.45, 2.75) is 96.3 Å². The number of hydrogen-bond donors (Lipinski definition) is 2. The van der Waals surface area contributed by atoms with Crippen LogP contribution >= 0.6 is 0 Å². The summed E-state index contributed by atoms with van der Waals surface area (Å²) < 4.78 is 7.38. The predicted molar refractivity (Wildman–Crippen MR) is 130 cm³/mol. The first-order valence-corrected chi connectivity index (χ1v) is 13.6. The minimum atomic E-state index is -0.840. The molecule has 0 aromatic carbocycles. The first kappa shape index (κ1) is 24.3. The first-order chi connectivity index (χ1) is 16.2. The van der Waals surface area contributed by atoms with E-state index in [1.165, 1.54) is 32.1 Å². The lowest BCUT2D eigenvalue weighted by atomic mass is 9.48. The highest BCUT2D eigenvalue weighted by Gasteiger charge is 2.60. The lowest BCUT2D eigenvalue weighted by Crippen LogP contribution is -2.54. The molecule has 4 aliphatic carbocycles. The Bertz CT molecular complexity index is 922. The van der Waals surface area contributed by atoms with Crippen LogP contribution in [0, 0.1) is 52.3 Å². The molecule has 4 aliphatic rings. The zero-order chi connectivity index (χ0) is 24.1. The fraction of sp³-hybridized carbons (Fsp3) is 0.857. The summed E-state index contributed by atoms with van der Waals surface area (Å²) in [7, 11) is 0. The molecule has 9 atom stereocenters. The highest BCUT2D eigenvalue weighted by atomic mass is 16.5. The standard InChI is InChI=1S/C28H43N3O3/c1-4-34-18-28(33)12-10-21-20(13-28)5-6-23-22(21)9-11-26(2)24(23)7-8-25(26)27(3,32)17-31-16-19(14-29)15-30-31/h15-16,20-25,32-33H,4-13,17-18H2,1-3H3/t20-,21+,22-,23-,24?,25?,26+,27?,28-/m1/s1. The van der Waals surface area contributed by atoms with E-state index in [1.54, 1.807) is 17.1 Å². The molecule has 0 saturated heterocycles. The van der Waals surface area contributed by atoms with Crippen LogP contribution in [-0.2, 0) is 11.3 Å². The highest BCUT2D eigenvalue weighted by Crippen LogP contribution is 2.66. The van der Waals surface area contributed by atoms with Crippen LogP contribution in [0.4, 0.5) is 0 Å². The topological polar surface area (TPSA) is 91.3 Å². The Morgan fingerprint density at radius 3 is 2.71 bits per heavy atom. The van der Waals surface area contributed by atoms with Crippen molar-refractivity contribution in [3.05, 3.63) is 18.0 Å². The quantitative estimate of drug-likeness (QED) is 0.638. The molecule has 188 valence electrons. The van der Waals surface area contributed by atoms with Crippen LogP contribution in [0.25, 0.3) is 0 Å². The van der Waals surface area contributed by atoms with Crippen LogP contribution in [0.2, 0.25) is 0 Å². The Hall–Kier alpha value is -1.42. The molecular weight excluding hydrogens is 426 g/mol. The third kappa shape index (κ3) is 4.12. The molecule has 5 rings (SSSR count). The number of nitrogens with zero attached hydrogens (tertiary/aromatic N) is 3. The van der Waals surface area contributed by atoms with E-state index < -0.39 is 11.2 Å². The minimum Gasteiger partial charge on any atom is -0.388 e. The number of aromatic nitrogens is 2. The van der Waals surface area contributed by atoms with E-state index in [0.29, 0.717) is 37.2 Å². The SMILES string of the molecule is CCOC[C@@]1(O)CC[C@H]2[C@H](CC[C@H]3C4CCC(C(C)(O)Cn5cc(C#N)cn5)[C@@]4(C)CC[C@H]23)C1. The van der Waals surface area contributed by atoms with Gasteiger partial charge in [-0.15, -0.1) is 0 Å². The number of aliphatic hydroxyl groups is 2. The fourth-order valence-corrected chi connectivity index (χ4v) is 9.35. The number of nitriles is 1. The van der Waals surface area contributed by atoms with Crippen molar-refractivity contribution in [1.29, 1.82) is 5.26 Å². The summed E-state index contributed by atoms with van der Waals surface area (Å²) in [6, 6.07) is 2.14. The number of rotatable bonds is 6. The van der Waals surface area contributed by atoms with Crippen LogP contribution in [-0.4, -0.2) is 44.4 Å². The molecule has 4 saturated carbocycles. The Kier molecular flexibility index (Phi) is 6.36. The monoisotopic (exact) mass is 469 g/mol. The van der Waals surface area contributed by atoms with Crippen molar-refractivity contribution in [3.63, 3.8) is 0 Å². The molecule has 1 heterocycles. The van der Waals surface area contributed by atoms with Crippen molar-refractivity contribution < 1.29 is 14.9 Å². The van der Waals surface area contributed by atoms with E-state index in [9.17, 15) is 10.2 Å². The molecule has 2 N–H and O–H groups in total.